The van der Waals surface area contributed by atoms with E-state index >= 15 is 0 Å². The van der Waals surface area contributed by atoms with E-state index in [0.717, 1.165) is 10.4 Å². The standard InChI is InChI=1S/C9H6O2S2/c10-9(11)7-5-12-4-6(7)8-2-1-3-13-8/h1-5H,(H,10,11). The third kappa shape index (κ3) is 1.50. The summed E-state index contributed by atoms with van der Waals surface area (Å²) in [4.78, 5) is 11.8. The van der Waals surface area contributed by atoms with Gasteiger partial charge in [0.05, 0.1) is 5.56 Å². The van der Waals surface area contributed by atoms with Crippen molar-refractivity contribution >= 4 is 28.6 Å². The van der Waals surface area contributed by atoms with Crippen LogP contribution in [0.4, 0.5) is 0 Å². The van der Waals surface area contributed by atoms with Crippen molar-refractivity contribution in [2.24, 2.45) is 0 Å². The molecule has 0 radical (unpaired) electrons. The highest BCUT2D eigenvalue weighted by molar-refractivity contribution is 7.14. The smallest absolute Gasteiger partial charge is 0.337 e. The fourth-order valence-corrected chi connectivity index (χ4v) is 2.74. The van der Waals surface area contributed by atoms with Gasteiger partial charge in [-0.2, -0.15) is 11.3 Å². The zero-order valence-corrected chi connectivity index (χ0v) is 8.19. The largest absolute Gasteiger partial charge is 0.478 e. The molecule has 0 aliphatic carbocycles. The van der Waals surface area contributed by atoms with Crippen molar-refractivity contribution in [2.75, 3.05) is 0 Å². The molecule has 0 saturated carbocycles. The highest BCUT2D eigenvalue weighted by Crippen LogP contribution is 2.30. The second-order valence-corrected chi connectivity index (χ2v) is 4.17. The Kier molecular flexibility index (Phi) is 2.16. The van der Waals surface area contributed by atoms with Crippen LogP contribution in [-0.2, 0) is 0 Å². The number of carboxylic acids is 1. The Labute approximate surface area is 83.1 Å². The molecular weight excluding hydrogens is 204 g/mol. The average Bonchev–Trinajstić information content (AvgIpc) is 2.74. The SMILES string of the molecule is O=C(O)c1cscc1-c1cccs1. The molecule has 2 nitrogen and oxygen atoms in total. The molecule has 0 aromatic carbocycles. The van der Waals surface area contributed by atoms with Gasteiger partial charge in [0, 0.05) is 21.2 Å². The van der Waals surface area contributed by atoms with Crippen molar-refractivity contribution in [3.8, 4) is 10.4 Å². The minimum Gasteiger partial charge on any atom is -0.478 e. The molecule has 0 spiro atoms. The summed E-state index contributed by atoms with van der Waals surface area (Å²) in [7, 11) is 0. The number of carbonyl (C=O) groups is 1. The van der Waals surface area contributed by atoms with Gasteiger partial charge >= 0.3 is 5.97 Å². The molecule has 0 aliphatic rings. The van der Waals surface area contributed by atoms with E-state index in [4.69, 9.17) is 5.11 Å². The summed E-state index contributed by atoms with van der Waals surface area (Å²) in [5.74, 6) is -0.857. The van der Waals surface area contributed by atoms with Crippen LogP contribution in [0.15, 0.2) is 28.3 Å². The van der Waals surface area contributed by atoms with Gasteiger partial charge in [-0.25, -0.2) is 4.79 Å². The number of thiophene rings is 2. The Morgan fingerprint density at radius 1 is 1.38 bits per heavy atom. The van der Waals surface area contributed by atoms with E-state index in [9.17, 15) is 4.79 Å². The zero-order chi connectivity index (χ0) is 9.26. The highest BCUT2D eigenvalue weighted by Gasteiger charge is 2.12. The number of aromatic carboxylic acids is 1. The van der Waals surface area contributed by atoms with Crippen molar-refractivity contribution < 1.29 is 9.90 Å². The lowest BCUT2D eigenvalue weighted by atomic mass is 10.2. The van der Waals surface area contributed by atoms with Gasteiger partial charge in [-0.3, -0.25) is 0 Å². The fourth-order valence-electron chi connectivity index (χ4n) is 1.09. The van der Waals surface area contributed by atoms with Gasteiger partial charge in [-0.1, -0.05) is 6.07 Å². The van der Waals surface area contributed by atoms with Crippen molar-refractivity contribution in [1.29, 1.82) is 0 Å². The minimum atomic E-state index is -0.857. The van der Waals surface area contributed by atoms with E-state index in [1.807, 2.05) is 22.9 Å². The van der Waals surface area contributed by atoms with Gasteiger partial charge < -0.3 is 5.11 Å². The van der Waals surface area contributed by atoms with E-state index in [1.165, 1.54) is 11.3 Å². The first-order chi connectivity index (χ1) is 6.29. The normalized spacial score (nSPS) is 10.2. The maximum atomic E-state index is 10.8. The second kappa shape index (κ2) is 3.32. The first-order valence-corrected chi connectivity index (χ1v) is 5.44. The lowest BCUT2D eigenvalue weighted by Gasteiger charge is -1.94. The zero-order valence-electron chi connectivity index (χ0n) is 6.56. The molecule has 0 saturated heterocycles. The molecule has 66 valence electrons. The predicted octanol–water partition coefficient (Wildman–Crippen LogP) is 3.17. The Morgan fingerprint density at radius 2 is 2.23 bits per heavy atom. The van der Waals surface area contributed by atoms with Crippen LogP contribution in [0.5, 0.6) is 0 Å². The monoisotopic (exact) mass is 210 g/mol. The van der Waals surface area contributed by atoms with Gasteiger partial charge in [-0.05, 0) is 11.4 Å². The van der Waals surface area contributed by atoms with Crippen LogP contribution < -0.4 is 0 Å². The van der Waals surface area contributed by atoms with Gasteiger partial charge in [0.25, 0.3) is 0 Å². The fraction of sp³-hybridized carbons (Fsp3) is 0. The van der Waals surface area contributed by atoms with Crippen LogP contribution in [-0.4, -0.2) is 11.1 Å². The van der Waals surface area contributed by atoms with Crippen molar-refractivity contribution in [3.63, 3.8) is 0 Å². The summed E-state index contributed by atoms with van der Waals surface area (Å²) in [6.07, 6.45) is 0. The molecule has 0 unspecified atom stereocenters. The van der Waals surface area contributed by atoms with Crippen LogP contribution in [0.2, 0.25) is 0 Å². The van der Waals surface area contributed by atoms with Crippen molar-refractivity contribution in [3.05, 3.63) is 33.8 Å². The first-order valence-electron chi connectivity index (χ1n) is 3.62. The quantitative estimate of drug-likeness (QED) is 0.826. The average molecular weight is 210 g/mol. The third-order valence-corrected chi connectivity index (χ3v) is 3.33. The van der Waals surface area contributed by atoms with Gasteiger partial charge in [0.15, 0.2) is 0 Å². The summed E-state index contributed by atoms with van der Waals surface area (Å²) in [6.45, 7) is 0. The first kappa shape index (κ1) is 8.47. The Balaban J connectivity index is 2.52. The van der Waals surface area contributed by atoms with Gasteiger partial charge in [-0.15, -0.1) is 11.3 Å². The summed E-state index contributed by atoms with van der Waals surface area (Å²) in [5, 5.41) is 14.3. The number of carboxylic acid groups (broad SMARTS) is 1. The lowest BCUT2D eigenvalue weighted by Crippen LogP contribution is -1.94. The lowest BCUT2D eigenvalue weighted by molar-refractivity contribution is 0.0698. The molecule has 0 atom stereocenters. The summed E-state index contributed by atoms with van der Waals surface area (Å²) < 4.78 is 0. The molecule has 0 amide bonds. The summed E-state index contributed by atoms with van der Waals surface area (Å²) >= 11 is 2.97. The van der Waals surface area contributed by atoms with Crippen molar-refractivity contribution in [2.45, 2.75) is 0 Å². The van der Waals surface area contributed by atoms with Crippen LogP contribution in [0, 0.1) is 0 Å². The number of rotatable bonds is 2. The molecule has 2 aromatic heterocycles. The summed E-state index contributed by atoms with van der Waals surface area (Å²) in [6, 6.07) is 3.85. The minimum absolute atomic E-state index is 0.396. The van der Waals surface area contributed by atoms with E-state index in [-0.39, 0.29) is 0 Å². The molecular formula is C9H6O2S2. The maximum Gasteiger partial charge on any atom is 0.337 e. The molecule has 2 rings (SSSR count). The molecule has 0 fully saturated rings. The van der Waals surface area contributed by atoms with Crippen LogP contribution in [0.3, 0.4) is 0 Å². The predicted molar refractivity (Wildman–Crippen MR) is 54.6 cm³/mol. The molecule has 0 bridgehead atoms. The molecule has 2 heterocycles. The van der Waals surface area contributed by atoms with Crippen molar-refractivity contribution in [1.82, 2.24) is 0 Å². The van der Waals surface area contributed by atoms with E-state index in [1.54, 1.807) is 16.7 Å². The van der Waals surface area contributed by atoms with Crippen LogP contribution >= 0.6 is 22.7 Å². The Morgan fingerprint density at radius 3 is 2.85 bits per heavy atom. The number of hydrogen-bond donors (Lipinski definition) is 1. The third-order valence-electron chi connectivity index (χ3n) is 1.68. The van der Waals surface area contributed by atoms with Gasteiger partial charge in [0.1, 0.15) is 0 Å². The van der Waals surface area contributed by atoms with Crippen LogP contribution in [0.25, 0.3) is 10.4 Å². The number of hydrogen-bond acceptors (Lipinski definition) is 3. The molecule has 13 heavy (non-hydrogen) atoms. The highest BCUT2D eigenvalue weighted by atomic mass is 32.1. The van der Waals surface area contributed by atoms with Gasteiger partial charge in [0.2, 0.25) is 0 Å². The maximum absolute atomic E-state index is 10.8. The van der Waals surface area contributed by atoms with E-state index in [2.05, 4.69) is 0 Å². The molecule has 4 heteroatoms. The van der Waals surface area contributed by atoms with E-state index < -0.39 is 5.97 Å². The van der Waals surface area contributed by atoms with Crippen LogP contribution in [0.1, 0.15) is 10.4 Å². The molecule has 0 aliphatic heterocycles. The summed E-state index contributed by atoms with van der Waals surface area (Å²) in [5.41, 5.74) is 1.22. The second-order valence-electron chi connectivity index (χ2n) is 2.48. The van der Waals surface area contributed by atoms with E-state index in [0.29, 0.717) is 5.56 Å². The Bertz CT molecular complexity index is 415. The molecule has 1 N–H and O–H groups in total. The Hall–Kier alpha value is -1.13. The topological polar surface area (TPSA) is 37.3 Å². The molecule has 2 aromatic rings.